The summed E-state index contributed by atoms with van der Waals surface area (Å²) in [5.74, 6) is -0.479. The predicted molar refractivity (Wildman–Crippen MR) is 95.5 cm³/mol. The summed E-state index contributed by atoms with van der Waals surface area (Å²) in [6.45, 7) is 5.18. The summed E-state index contributed by atoms with van der Waals surface area (Å²) < 4.78 is 4.70. The number of aliphatic hydroxyl groups is 1. The van der Waals surface area contributed by atoms with Crippen LogP contribution in [0.4, 0.5) is 0 Å². The minimum atomic E-state index is -0.887. The summed E-state index contributed by atoms with van der Waals surface area (Å²) >= 11 is 0. The van der Waals surface area contributed by atoms with E-state index in [4.69, 9.17) is 4.74 Å². The van der Waals surface area contributed by atoms with Crippen molar-refractivity contribution in [3.8, 4) is 0 Å². The van der Waals surface area contributed by atoms with Crippen LogP contribution in [0.5, 0.6) is 0 Å². The monoisotopic (exact) mass is 341 g/mol. The molecule has 1 unspecified atom stereocenters. The van der Waals surface area contributed by atoms with Crippen molar-refractivity contribution in [2.45, 2.75) is 20.0 Å². The smallest absolute Gasteiger partial charge is 0.337 e. The molecule has 0 aliphatic rings. The summed E-state index contributed by atoms with van der Waals surface area (Å²) in [6, 6.07) is 13.6. The number of benzene rings is 2. The fourth-order valence-electron chi connectivity index (χ4n) is 2.65. The molecule has 0 aliphatic carbocycles. The second-order valence-corrected chi connectivity index (χ2v) is 5.62. The van der Waals surface area contributed by atoms with Crippen molar-refractivity contribution in [2.75, 3.05) is 20.2 Å². The minimum Gasteiger partial charge on any atom is -0.465 e. The number of nitrogens with zero attached hydrogens (tertiary/aromatic N) is 1. The normalized spacial score (nSPS) is 11.7. The van der Waals surface area contributed by atoms with E-state index in [2.05, 4.69) is 0 Å². The molecule has 0 bridgehead atoms. The molecule has 0 radical (unpaired) electrons. The van der Waals surface area contributed by atoms with Gasteiger partial charge in [0.05, 0.1) is 12.7 Å². The fourth-order valence-corrected chi connectivity index (χ4v) is 2.65. The van der Waals surface area contributed by atoms with Gasteiger partial charge in [-0.2, -0.15) is 0 Å². The molecule has 0 aliphatic heterocycles. The second-order valence-electron chi connectivity index (χ2n) is 5.62. The van der Waals surface area contributed by atoms with Crippen molar-refractivity contribution in [2.24, 2.45) is 0 Å². The Balaban J connectivity index is 2.22. The largest absolute Gasteiger partial charge is 0.465 e. The van der Waals surface area contributed by atoms with Crippen LogP contribution in [-0.4, -0.2) is 42.1 Å². The number of hydrogen-bond acceptors (Lipinski definition) is 4. The van der Waals surface area contributed by atoms with Gasteiger partial charge in [0.15, 0.2) is 0 Å². The lowest BCUT2D eigenvalue weighted by Crippen LogP contribution is -2.30. The van der Waals surface area contributed by atoms with Crippen molar-refractivity contribution in [3.63, 3.8) is 0 Å². The number of hydrogen-bond donors (Lipinski definition) is 1. The van der Waals surface area contributed by atoms with Crippen molar-refractivity contribution < 1.29 is 19.4 Å². The topological polar surface area (TPSA) is 66.8 Å². The van der Waals surface area contributed by atoms with E-state index in [0.717, 1.165) is 0 Å². The van der Waals surface area contributed by atoms with E-state index < -0.39 is 12.1 Å². The lowest BCUT2D eigenvalue weighted by atomic mass is 9.98. The molecular formula is C20H23NO4. The van der Waals surface area contributed by atoms with Crippen LogP contribution in [0.1, 0.15) is 51.8 Å². The number of carbonyl (C=O) groups is 2. The molecule has 0 spiro atoms. The van der Waals surface area contributed by atoms with Crippen molar-refractivity contribution in [3.05, 3.63) is 70.8 Å². The molecule has 5 heteroatoms. The maximum Gasteiger partial charge on any atom is 0.337 e. The molecular weight excluding hydrogens is 318 g/mol. The van der Waals surface area contributed by atoms with Crippen molar-refractivity contribution >= 4 is 11.9 Å². The van der Waals surface area contributed by atoms with Gasteiger partial charge in [-0.05, 0) is 49.2 Å². The molecule has 1 atom stereocenters. The third-order valence-corrected chi connectivity index (χ3v) is 4.15. The van der Waals surface area contributed by atoms with Crippen LogP contribution in [0.3, 0.4) is 0 Å². The van der Waals surface area contributed by atoms with Gasteiger partial charge in [0.1, 0.15) is 6.10 Å². The first kappa shape index (κ1) is 18.7. The van der Waals surface area contributed by atoms with Crippen LogP contribution in [-0.2, 0) is 4.74 Å². The molecule has 2 aromatic rings. The fraction of sp³-hybridized carbons (Fsp3) is 0.300. The first-order valence-electron chi connectivity index (χ1n) is 8.27. The molecule has 0 heterocycles. The van der Waals surface area contributed by atoms with Crippen LogP contribution in [0.2, 0.25) is 0 Å². The van der Waals surface area contributed by atoms with Crippen LogP contribution >= 0.6 is 0 Å². The summed E-state index contributed by atoms with van der Waals surface area (Å²) in [6.07, 6.45) is -0.887. The summed E-state index contributed by atoms with van der Waals surface area (Å²) in [5, 5.41) is 10.6. The Kier molecular flexibility index (Phi) is 6.31. The highest BCUT2D eigenvalue weighted by atomic mass is 16.5. The Labute approximate surface area is 147 Å². The highest BCUT2D eigenvalue weighted by Gasteiger charge is 2.16. The highest BCUT2D eigenvalue weighted by molar-refractivity contribution is 5.94. The van der Waals surface area contributed by atoms with Gasteiger partial charge in [0, 0.05) is 18.7 Å². The van der Waals surface area contributed by atoms with E-state index in [1.165, 1.54) is 7.11 Å². The molecule has 2 rings (SSSR count). The quantitative estimate of drug-likeness (QED) is 0.820. The maximum absolute atomic E-state index is 12.3. The third-order valence-electron chi connectivity index (χ3n) is 4.15. The number of methoxy groups -OCH3 is 1. The van der Waals surface area contributed by atoms with Gasteiger partial charge in [-0.1, -0.05) is 24.3 Å². The molecule has 0 aromatic heterocycles. The number of ether oxygens (including phenoxy) is 1. The molecule has 0 saturated heterocycles. The zero-order valence-electron chi connectivity index (χ0n) is 14.7. The predicted octanol–water partition coefficient (Wildman–Crippen LogP) is 3.04. The Morgan fingerprint density at radius 2 is 1.64 bits per heavy atom. The highest BCUT2D eigenvalue weighted by Crippen LogP contribution is 2.23. The van der Waals surface area contributed by atoms with Gasteiger partial charge < -0.3 is 14.7 Å². The standard InChI is InChI=1S/C20H23NO4/c1-4-21(5-2)19(23)15-11-9-14(10-12-15)18(22)16-7-6-8-17(13-16)20(24)25-3/h6-13,18,22H,4-5H2,1-3H3. The average Bonchev–Trinajstić information content (AvgIpc) is 2.67. The molecule has 1 N–H and O–H groups in total. The summed E-state index contributed by atoms with van der Waals surface area (Å²) in [4.78, 5) is 25.7. The third kappa shape index (κ3) is 4.25. The van der Waals surface area contributed by atoms with E-state index in [1.54, 1.807) is 53.4 Å². The van der Waals surface area contributed by atoms with Gasteiger partial charge in [-0.15, -0.1) is 0 Å². The number of amides is 1. The van der Waals surface area contributed by atoms with Gasteiger partial charge in [0.2, 0.25) is 0 Å². The molecule has 5 nitrogen and oxygen atoms in total. The van der Waals surface area contributed by atoms with Crippen molar-refractivity contribution in [1.29, 1.82) is 0 Å². The van der Waals surface area contributed by atoms with Gasteiger partial charge >= 0.3 is 5.97 Å². The molecule has 0 saturated carbocycles. The zero-order valence-corrected chi connectivity index (χ0v) is 14.7. The van der Waals surface area contributed by atoms with Crippen LogP contribution < -0.4 is 0 Å². The number of carbonyl (C=O) groups excluding carboxylic acids is 2. The number of esters is 1. The molecule has 132 valence electrons. The van der Waals surface area contributed by atoms with Gasteiger partial charge in [0.25, 0.3) is 5.91 Å². The molecule has 0 fully saturated rings. The SMILES string of the molecule is CCN(CC)C(=O)c1ccc(C(O)c2cccc(C(=O)OC)c2)cc1. The lowest BCUT2D eigenvalue weighted by Gasteiger charge is -2.19. The lowest BCUT2D eigenvalue weighted by molar-refractivity contribution is 0.0600. The Hall–Kier alpha value is -2.66. The molecule has 25 heavy (non-hydrogen) atoms. The Morgan fingerprint density at radius 3 is 2.20 bits per heavy atom. The van der Waals surface area contributed by atoms with Gasteiger partial charge in [-0.25, -0.2) is 4.79 Å². The Morgan fingerprint density at radius 1 is 1.00 bits per heavy atom. The summed E-state index contributed by atoms with van der Waals surface area (Å²) in [7, 11) is 1.32. The maximum atomic E-state index is 12.3. The van der Waals surface area contributed by atoms with E-state index in [9.17, 15) is 14.7 Å². The van der Waals surface area contributed by atoms with Crippen LogP contribution in [0.25, 0.3) is 0 Å². The van der Waals surface area contributed by atoms with E-state index in [1.807, 2.05) is 13.8 Å². The Bertz CT molecular complexity index is 736. The number of rotatable bonds is 6. The minimum absolute atomic E-state index is 0.0290. The van der Waals surface area contributed by atoms with E-state index in [-0.39, 0.29) is 5.91 Å². The zero-order chi connectivity index (χ0) is 18.4. The number of aliphatic hydroxyl groups excluding tert-OH is 1. The van der Waals surface area contributed by atoms with Crippen LogP contribution in [0.15, 0.2) is 48.5 Å². The first-order chi connectivity index (χ1) is 12.0. The van der Waals surface area contributed by atoms with E-state index in [0.29, 0.717) is 35.3 Å². The van der Waals surface area contributed by atoms with Gasteiger partial charge in [-0.3, -0.25) is 4.79 Å². The van der Waals surface area contributed by atoms with Crippen LogP contribution in [0, 0.1) is 0 Å². The molecule has 1 amide bonds. The summed E-state index contributed by atoms with van der Waals surface area (Å²) in [5.41, 5.74) is 2.21. The van der Waals surface area contributed by atoms with Crippen molar-refractivity contribution in [1.82, 2.24) is 4.90 Å². The molecule has 2 aromatic carbocycles. The average molecular weight is 341 g/mol. The first-order valence-corrected chi connectivity index (χ1v) is 8.27. The second kappa shape index (κ2) is 8.44. The van der Waals surface area contributed by atoms with E-state index >= 15 is 0 Å².